The summed E-state index contributed by atoms with van der Waals surface area (Å²) >= 11 is 0. The highest BCUT2D eigenvalue weighted by Gasteiger charge is 2.43. The molecule has 0 saturated heterocycles. The third-order valence-electron chi connectivity index (χ3n) is 1.96. The molecule has 1 saturated carbocycles. The molecular formula is C7H7N3O. The van der Waals surface area contributed by atoms with Crippen molar-refractivity contribution >= 4 is 0 Å². The maximum absolute atomic E-state index is 6.65. The van der Waals surface area contributed by atoms with E-state index in [0.717, 1.165) is 12.2 Å². The molecule has 1 heterocycles. The highest BCUT2D eigenvalue weighted by atomic mass is 16.5. The molecule has 11 heavy (non-hydrogen) atoms. The molecule has 4 nitrogen and oxygen atoms in total. The molecule has 2 atom stereocenters. The van der Waals surface area contributed by atoms with E-state index in [4.69, 9.17) is 6.57 Å². The second-order valence-corrected chi connectivity index (χ2v) is 2.73. The van der Waals surface area contributed by atoms with Crippen LogP contribution in [-0.4, -0.2) is 16.7 Å². The van der Waals surface area contributed by atoms with Gasteiger partial charge in [0, 0.05) is 11.8 Å². The summed E-state index contributed by atoms with van der Waals surface area (Å²) in [6, 6.07) is 0. The van der Waals surface area contributed by atoms with Crippen molar-refractivity contribution in [3.8, 4) is 0 Å². The van der Waals surface area contributed by atoms with Crippen molar-refractivity contribution in [3.05, 3.63) is 23.6 Å². The van der Waals surface area contributed by atoms with Crippen LogP contribution in [0.1, 0.15) is 18.2 Å². The second-order valence-electron chi connectivity index (χ2n) is 2.73. The third-order valence-corrected chi connectivity index (χ3v) is 1.96. The summed E-state index contributed by atoms with van der Waals surface area (Å²) < 4.78 is 4.60. The van der Waals surface area contributed by atoms with Crippen molar-refractivity contribution in [1.29, 1.82) is 0 Å². The Labute approximate surface area is 64.0 Å². The minimum absolute atomic E-state index is 0.392. The number of nitrogens with zero attached hydrogens (tertiary/aromatic N) is 3. The minimum atomic E-state index is 0.392. The van der Waals surface area contributed by atoms with Crippen molar-refractivity contribution in [3.63, 3.8) is 0 Å². The largest absolute Gasteiger partial charge is 0.343 e. The first-order valence-corrected chi connectivity index (χ1v) is 3.51. The Morgan fingerprint density at radius 1 is 1.82 bits per heavy atom. The Morgan fingerprint density at radius 3 is 3.36 bits per heavy atom. The van der Waals surface area contributed by atoms with Gasteiger partial charge in [0.25, 0.3) is 0 Å². The lowest BCUT2D eigenvalue weighted by atomic mass is 10.3. The van der Waals surface area contributed by atoms with Gasteiger partial charge in [-0.15, -0.1) is 0 Å². The molecule has 2 rings (SSSR count). The lowest BCUT2D eigenvalue weighted by Crippen LogP contribution is -1.87. The molecule has 0 spiro atoms. The van der Waals surface area contributed by atoms with Gasteiger partial charge in [0.2, 0.25) is 12.9 Å². The number of hydrogen-bond donors (Lipinski definition) is 0. The van der Waals surface area contributed by atoms with Gasteiger partial charge in [-0.2, -0.15) is 4.98 Å². The second kappa shape index (κ2) is 2.35. The molecule has 0 aromatic carbocycles. The van der Waals surface area contributed by atoms with Gasteiger partial charge in [0.05, 0.1) is 0 Å². The predicted octanol–water partition coefficient (Wildman–Crippen LogP) is 1.09. The zero-order valence-electron chi connectivity index (χ0n) is 5.90. The SMILES string of the molecule is [C-]#[N+]CC1CC1c1ncon1. The Kier molecular flexibility index (Phi) is 1.35. The van der Waals surface area contributed by atoms with Crippen molar-refractivity contribution in [1.82, 2.24) is 10.1 Å². The van der Waals surface area contributed by atoms with E-state index in [2.05, 4.69) is 19.5 Å². The number of hydrogen-bond acceptors (Lipinski definition) is 3. The molecular weight excluding hydrogens is 142 g/mol. The van der Waals surface area contributed by atoms with Crippen LogP contribution in [0.15, 0.2) is 10.9 Å². The zero-order valence-corrected chi connectivity index (χ0v) is 5.90. The summed E-state index contributed by atoms with van der Waals surface area (Å²) in [5.74, 6) is 1.63. The van der Waals surface area contributed by atoms with Gasteiger partial charge in [0.1, 0.15) is 0 Å². The first-order chi connectivity index (χ1) is 5.42. The molecule has 2 unspecified atom stereocenters. The summed E-state index contributed by atoms with van der Waals surface area (Å²) in [6.07, 6.45) is 2.38. The highest BCUT2D eigenvalue weighted by molar-refractivity contribution is 5.09. The van der Waals surface area contributed by atoms with Crippen LogP contribution in [-0.2, 0) is 0 Å². The summed E-state index contributed by atoms with van der Waals surface area (Å²) in [6.45, 7) is 7.25. The average molecular weight is 149 g/mol. The van der Waals surface area contributed by atoms with Crippen LogP contribution in [0.3, 0.4) is 0 Å². The Hall–Kier alpha value is -1.37. The lowest BCUT2D eigenvalue weighted by molar-refractivity contribution is 0.409. The van der Waals surface area contributed by atoms with E-state index in [1.807, 2.05) is 0 Å². The van der Waals surface area contributed by atoms with Crippen LogP contribution in [0.25, 0.3) is 4.85 Å². The van der Waals surface area contributed by atoms with E-state index < -0.39 is 0 Å². The van der Waals surface area contributed by atoms with Crippen LogP contribution >= 0.6 is 0 Å². The van der Waals surface area contributed by atoms with Crippen molar-refractivity contribution in [2.75, 3.05) is 6.54 Å². The smallest absolute Gasteiger partial charge is 0.218 e. The molecule has 1 aromatic heterocycles. The molecule has 1 fully saturated rings. The van der Waals surface area contributed by atoms with E-state index >= 15 is 0 Å². The normalized spacial score (nSPS) is 27.9. The predicted molar refractivity (Wildman–Crippen MR) is 36.6 cm³/mol. The van der Waals surface area contributed by atoms with Crippen LogP contribution in [0.5, 0.6) is 0 Å². The fourth-order valence-electron chi connectivity index (χ4n) is 1.23. The molecule has 0 radical (unpaired) electrons. The average Bonchev–Trinajstić information content (AvgIpc) is 2.61. The lowest BCUT2D eigenvalue weighted by Gasteiger charge is -1.83. The van der Waals surface area contributed by atoms with Crippen LogP contribution in [0.4, 0.5) is 0 Å². The van der Waals surface area contributed by atoms with Gasteiger partial charge in [-0.25, -0.2) is 6.57 Å². The summed E-state index contributed by atoms with van der Waals surface area (Å²) in [5, 5.41) is 3.72. The Morgan fingerprint density at radius 2 is 2.73 bits per heavy atom. The molecule has 0 N–H and O–H groups in total. The van der Waals surface area contributed by atoms with Gasteiger partial charge in [-0.3, -0.25) is 0 Å². The Balaban J connectivity index is 1.98. The highest BCUT2D eigenvalue weighted by Crippen LogP contribution is 2.45. The van der Waals surface area contributed by atoms with E-state index in [-0.39, 0.29) is 0 Å². The van der Waals surface area contributed by atoms with Crippen molar-refractivity contribution < 1.29 is 4.52 Å². The molecule has 56 valence electrons. The van der Waals surface area contributed by atoms with Gasteiger partial charge in [-0.05, 0) is 6.42 Å². The monoisotopic (exact) mass is 149 g/mol. The third kappa shape index (κ3) is 1.09. The van der Waals surface area contributed by atoms with Gasteiger partial charge in [0.15, 0.2) is 5.82 Å². The fourth-order valence-corrected chi connectivity index (χ4v) is 1.23. The summed E-state index contributed by atoms with van der Waals surface area (Å²) in [4.78, 5) is 7.25. The maximum atomic E-state index is 6.65. The van der Waals surface area contributed by atoms with Crippen LogP contribution in [0.2, 0.25) is 0 Å². The summed E-state index contributed by atoms with van der Waals surface area (Å²) in [7, 11) is 0. The van der Waals surface area contributed by atoms with Gasteiger partial charge >= 0.3 is 0 Å². The van der Waals surface area contributed by atoms with Crippen molar-refractivity contribution in [2.45, 2.75) is 12.3 Å². The van der Waals surface area contributed by atoms with E-state index in [1.165, 1.54) is 6.39 Å². The molecule has 4 heteroatoms. The molecule has 1 aliphatic carbocycles. The topological polar surface area (TPSA) is 43.3 Å². The summed E-state index contributed by atoms with van der Waals surface area (Å²) in [5.41, 5.74) is 0. The van der Waals surface area contributed by atoms with Crippen molar-refractivity contribution in [2.24, 2.45) is 5.92 Å². The standard InChI is InChI=1S/C7H7N3O/c1-8-3-5-2-6(5)7-9-4-11-10-7/h4-6H,2-3H2. The van der Waals surface area contributed by atoms with Crippen LogP contribution in [0, 0.1) is 12.5 Å². The Bertz CT molecular complexity index is 274. The first-order valence-electron chi connectivity index (χ1n) is 3.51. The quantitative estimate of drug-likeness (QED) is 0.591. The zero-order chi connectivity index (χ0) is 7.68. The van der Waals surface area contributed by atoms with E-state index in [0.29, 0.717) is 18.4 Å². The minimum Gasteiger partial charge on any atom is -0.343 e. The van der Waals surface area contributed by atoms with Gasteiger partial charge < -0.3 is 9.37 Å². The van der Waals surface area contributed by atoms with E-state index in [9.17, 15) is 0 Å². The fraction of sp³-hybridized carbons (Fsp3) is 0.571. The van der Waals surface area contributed by atoms with Gasteiger partial charge in [-0.1, -0.05) is 5.16 Å². The molecule has 1 aromatic rings. The number of aromatic nitrogens is 2. The van der Waals surface area contributed by atoms with E-state index in [1.54, 1.807) is 0 Å². The molecule has 1 aliphatic rings. The molecule has 0 amide bonds. The first kappa shape index (κ1) is 6.35. The molecule has 0 bridgehead atoms. The van der Waals surface area contributed by atoms with Crippen LogP contribution < -0.4 is 0 Å². The maximum Gasteiger partial charge on any atom is 0.218 e. The molecule has 0 aliphatic heterocycles. The number of rotatable bonds is 2.